The second-order valence-electron chi connectivity index (χ2n) is 6.84. The highest BCUT2D eigenvalue weighted by molar-refractivity contribution is 5.94. The van der Waals surface area contributed by atoms with E-state index in [1.165, 1.54) is 0 Å². The van der Waals surface area contributed by atoms with Crippen molar-refractivity contribution in [3.63, 3.8) is 0 Å². The number of aromatic nitrogens is 3. The van der Waals surface area contributed by atoms with Crippen molar-refractivity contribution in [3.8, 4) is 17.0 Å². The lowest BCUT2D eigenvalue weighted by Gasteiger charge is -2.33. The molecule has 0 atom stereocenters. The minimum absolute atomic E-state index is 0.164. The molecule has 30 heavy (non-hydrogen) atoms. The van der Waals surface area contributed by atoms with Gasteiger partial charge in [-0.2, -0.15) is 0 Å². The van der Waals surface area contributed by atoms with Crippen LogP contribution in [-0.4, -0.2) is 76.1 Å². The molecule has 4 rings (SSSR count). The largest absolute Gasteiger partial charge is 0.497 e. The number of benzene rings is 1. The zero-order chi connectivity index (χ0) is 21.1. The maximum atomic E-state index is 13.0. The smallest absolute Gasteiger partial charge is 0.409 e. The third-order valence-electron chi connectivity index (χ3n) is 5.05. The molecule has 0 saturated carbocycles. The van der Waals surface area contributed by atoms with Crippen LogP contribution in [0, 0.1) is 0 Å². The first-order valence-electron chi connectivity index (χ1n) is 9.80. The van der Waals surface area contributed by atoms with Crippen LogP contribution in [0.2, 0.25) is 0 Å². The SMILES string of the molecule is CCOC(=O)N1CCN(C(=O)c2cn3ccnc(-c4ccc(OC)cc4)c3n2)CC1. The Morgan fingerprint density at radius 3 is 2.43 bits per heavy atom. The highest BCUT2D eigenvalue weighted by Crippen LogP contribution is 2.24. The molecule has 0 radical (unpaired) electrons. The van der Waals surface area contributed by atoms with Gasteiger partial charge in [-0.3, -0.25) is 9.78 Å². The first-order chi connectivity index (χ1) is 14.6. The lowest BCUT2D eigenvalue weighted by Crippen LogP contribution is -2.50. The monoisotopic (exact) mass is 409 g/mol. The minimum atomic E-state index is -0.340. The van der Waals surface area contributed by atoms with E-state index in [-0.39, 0.29) is 12.0 Å². The van der Waals surface area contributed by atoms with Gasteiger partial charge in [-0.05, 0) is 31.2 Å². The van der Waals surface area contributed by atoms with Gasteiger partial charge in [0, 0.05) is 50.3 Å². The summed E-state index contributed by atoms with van der Waals surface area (Å²) in [5.74, 6) is 0.592. The lowest BCUT2D eigenvalue weighted by atomic mass is 10.1. The third kappa shape index (κ3) is 3.78. The number of piperazine rings is 1. The lowest BCUT2D eigenvalue weighted by molar-refractivity contribution is 0.0566. The molecule has 0 unspecified atom stereocenters. The summed E-state index contributed by atoms with van der Waals surface area (Å²) in [4.78, 5) is 37.2. The Hall–Kier alpha value is -3.62. The van der Waals surface area contributed by atoms with E-state index in [2.05, 4.69) is 9.97 Å². The number of hydrogen-bond donors (Lipinski definition) is 0. The highest BCUT2D eigenvalue weighted by atomic mass is 16.6. The highest BCUT2D eigenvalue weighted by Gasteiger charge is 2.27. The van der Waals surface area contributed by atoms with Crippen molar-refractivity contribution >= 4 is 17.6 Å². The van der Waals surface area contributed by atoms with Crippen molar-refractivity contribution in [2.24, 2.45) is 0 Å². The number of methoxy groups -OCH3 is 1. The van der Waals surface area contributed by atoms with E-state index in [9.17, 15) is 9.59 Å². The van der Waals surface area contributed by atoms with Gasteiger partial charge < -0.3 is 23.7 Å². The molecule has 2 amide bonds. The summed E-state index contributed by atoms with van der Waals surface area (Å²) < 4.78 is 12.0. The van der Waals surface area contributed by atoms with Crippen LogP contribution in [0.5, 0.6) is 5.75 Å². The Kier molecular flexibility index (Phi) is 5.51. The average molecular weight is 409 g/mol. The van der Waals surface area contributed by atoms with Gasteiger partial charge in [0.2, 0.25) is 0 Å². The van der Waals surface area contributed by atoms with E-state index < -0.39 is 0 Å². The van der Waals surface area contributed by atoms with Gasteiger partial charge in [-0.1, -0.05) is 0 Å². The van der Waals surface area contributed by atoms with Crippen molar-refractivity contribution in [1.82, 2.24) is 24.2 Å². The Balaban J connectivity index is 1.54. The molecular weight excluding hydrogens is 386 g/mol. The number of fused-ring (bicyclic) bond motifs is 1. The van der Waals surface area contributed by atoms with Gasteiger partial charge in [0.25, 0.3) is 5.91 Å². The van der Waals surface area contributed by atoms with Gasteiger partial charge in [-0.25, -0.2) is 9.78 Å². The Morgan fingerprint density at radius 2 is 1.77 bits per heavy atom. The number of rotatable bonds is 4. The summed E-state index contributed by atoms with van der Waals surface area (Å²) in [6, 6.07) is 7.54. The maximum Gasteiger partial charge on any atom is 0.409 e. The standard InChI is InChI=1S/C21H23N5O4/c1-3-30-21(28)25-12-10-24(11-13-25)20(27)17-14-26-9-8-22-18(19(26)23-17)15-4-6-16(29-2)7-5-15/h4-9,14H,3,10-13H2,1-2H3. The van der Waals surface area contributed by atoms with Crippen LogP contribution < -0.4 is 4.74 Å². The quantitative estimate of drug-likeness (QED) is 0.657. The molecule has 0 aliphatic carbocycles. The molecule has 1 aromatic carbocycles. The fourth-order valence-electron chi connectivity index (χ4n) is 3.44. The summed E-state index contributed by atoms with van der Waals surface area (Å²) in [5.41, 5.74) is 2.53. The first-order valence-corrected chi connectivity index (χ1v) is 9.80. The Bertz CT molecular complexity index is 1050. The van der Waals surface area contributed by atoms with Crippen LogP contribution in [0.25, 0.3) is 16.9 Å². The number of amides is 2. The van der Waals surface area contributed by atoms with Crippen molar-refractivity contribution < 1.29 is 19.1 Å². The number of carbonyl (C=O) groups excluding carboxylic acids is 2. The zero-order valence-electron chi connectivity index (χ0n) is 16.9. The topological polar surface area (TPSA) is 89.3 Å². The third-order valence-corrected chi connectivity index (χ3v) is 5.05. The molecule has 9 heteroatoms. The molecule has 2 aromatic heterocycles. The minimum Gasteiger partial charge on any atom is -0.497 e. The normalized spacial score (nSPS) is 14.1. The van der Waals surface area contributed by atoms with Crippen LogP contribution in [0.15, 0.2) is 42.9 Å². The number of hydrogen-bond acceptors (Lipinski definition) is 6. The Morgan fingerprint density at radius 1 is 1.07 bits per heavy atom. The molecule has 1 saturated heterocycles. The van der Waals surface area contributed by atoms with Crippen LogP contribution in [0.4, 0.5) is 4.79 Å². The van der Waals surface area contributed by atoms with Crippen molar-refractivity contribution in [3.05, 3.63) is 48.5 Å². The summed E-state index contributed by atoms with van der Waals surface area (Å²) in [5, 5.41) is 0. The summed E-state index contributed by atoms with van der Waals surface area (Å²) >= 11 is 0. The van der Waals surface area contributed by atoms with E-state index in [1.54, 1.807) is 46.8 Å². The summed E-state index contributed by atoms with van der Waals surface area (Å²) in [6.07, 6.45) is 4.82. The second kappa shape index (κ2) is 8.40. The molecule has 3 aromatic rings. The molecule has 0 bridgehead atoms. The van der Waals surface area contributed by atoms with Gasteiger partial charge in [0.1, 0.15) is 17.1 Å². The number of imidazole rings is 1. The first kappa shape index (κ1) is 19.7. The number of nitrogens with zero attached hydrogens (tertiary/aromatic N) is 5. The fourth-order valence-corrected chi connectivity index (χ4v) is 3.44. The maximum absolute atomic E-state index is 13.0. The molecule has 1 aliphatic rings. The Labute approximate surface area is 173 Å². The molecule has 1 aliphatic heterocycles. The molecule has 3 heterocycles. The number of ether oxygens (including phenoxy) is 2. The molecule has 9 nitrogen and oxygen atoms in total. The van der Waals surface area contributed by atoms with Gasteiger partial charge in [0.15, 0.2) is 5.65 Å². The van der Waals surface area contributed by atoms with Crippen molar-refractivity contribution in [2.45, 2.75) is 6.92 Å². The van der Waals surface area contributed by atoms with Gasteiger partial charge in [0.05, 0.1) is 13.7 Å². The van der Waals surface area contributed by atoms with Crippen molar-refractivity contribution in [2.75, 3.05) is 39.9 Å². The fraction of sp³-hybridized carbons (Fsp3) is 0.333. The molecule has 156 valence electrons. The number of carbonyl (C=O) groups is 2. The van der Waals surface area contributed by atoms with Crippen LogP contribution in [0.1, 0.15) is 17.4 Å². The molecule has 0 N–H and O–H groups in total. The van der Waals surface area contributed by atoms with E-state index in [0.717, 1.165) is 11.3 Å². The predicted molar refractivity (Wildman–Crippen MR) is 109 cm³/mol. The van der Waals surface area contributed by atoms with E-state index in [4.69, 9.17) is 9.47 Å². The summed E-state index contributed by atoms with van der Waals surface area (Å²) in [6.45, 7) is 3.87. The van der Waals surface area contributed by atoms with Gasteiger partial charge in [-0.15, -0.1) is 0 Å². The van der Waals surface area contributed by atoms with Crippen LogP contribution in [0.3, 0.4) is 0 Å². The molecular formula is C21H23N5O4. The van der Waals surface area contributed by atoms with Crippen LogP contribution >= 0.6 is 0 Å². The van der Waals surface area contributed by atoms with E-state index >= 15 is 0 Å². The zero-order valence-corrected chi connectivity index (χ0v) is 16.9. The van der Waals surface area contributed by atoms with Crippen LogP contribution in [-0.2, 0) is 4.74 Å². The van der Waals surface area contributed by atoms with E-state index in [1.807, 2.05) is 24.3 Å². The predicted octanol–water partition coefficient (Wildman–Crippen LogP) is 2.32. The second-order valence-corrected chi connectivity index (χ2v) is 6.84. The molecule has 1 fully saturated rings. The average Bonchev–Trinajstić information content (AvgIpc) is 3.23. The summed E-state index contributed by atoms with van der Waals surface area (Å²) in [7, 11) is 1.62. The van der Waals surface area contributed by atoms with Crippen molar-refractivity contribution in [1.29, 1.82) is 0 Å². The molecule has 0 spiro atoms. The van der Waals surface area contributed by atoms with E-state index in [0.29, 0.717) is 49.8 Å². The van der Waals surface area contributed by atoms with Gasteiger partial charge >= 0.3 is 6.09 Å².